The number of unbranched alkanes of at least 4 members (excludes halogenated alkanes) is 2. The van der Waals surface area contributed by atoms with Crippen LogP contribution in [0.5, 0.6) is 5.75 Å². The van der Waals surface area contributed by atoms with Gasteiger partial charge in [0, 0.05) is 5.56 Å². The zero-order valence-corrected chi connectivity index (χ0v) is 15.7. The Hall–Kier alpha value is -1.51. The Balaban J connectivity index is 3.54. The van der Waals surface area contributed by atoms with Gasteiger partial charge in [0.2, 0.25) is 0 Å². The molecule has 0 fully saturated rings. The van der Waals surface area contributed by atoms with E-state index in [0.717, 1.165) is 24.8 Å². The van der Waals surface area contributed by atoms with Crippen molar-refractivity contribution in [1.29, 1.82) is 0 Å². The first kappa shape index (κ1) is 19.5. The van der Waals surface area contributed by atoms with Gasteiger partial charge in [-0.1, -0.05) is 66.9 Å². The van der Waals surface area contributed by atoms with E-state index in [1.54, 1.807) is 0 Å². The summed E-state index contributed by atoms with van der Waals surface area (Å²) < 4.78 is 0. The largest absolute Gasteiger partial charge is 0.507 e. The second-order valence-electron chi connectivity index (χ2n) is 8.22. The Morgan fingerprint density at radius 3 is 2.09 bits per heavy atom. The molecule has 2 N–H and O–H groups in total. The maximum Gasteiger partial charge on any atom is 0.339 e. The van der Waals surface area contributed by atoms with E-state index < -0.39 is 5.97 Å². The van der Waals surface area contributed by atoms with Gasteiger partial charge >= 0.3 is 5.97 Å². The molecule has 0 heterocycles. The van der Waals surface area contributed by atoms with Gasteiger partial charge in [-0.15, -0.1) is 0 Å². The lowest BCUT2D eigenvalue weighted by atomic mass is 9.73. The molecule has 0 bridgehead atoms. The van der Waals surface area contributed by atoms with Crippen LogP contribution in [0.2, 0.25) is 0 Å². The molecule has 0 aliphatic heterocycles. The summed E-state index contributed by atoms with van der Waals surface area (Å²) in [6.45, 7) is 14.3. The second kappa shape index (κ2) is 6.94. The van der Waals surface area contributed by atoms with E-state index in [-0.39, 0.29) is 22.1 Å². The topological polar surface area (TPSA) is 57.5 Å². The minimum Gasteiger partial charge on any atom is -0.507 e. The molecule has 0 aromatic heterocycles. The van der Waals surface area contributed by atoms with Gasteiger partial charge in [-0.3, -0.25) is 0 Å². The maximum atomic E-state index is 11.7. The molecule has 0 saturated carbocycles. The first-order valence-electron chi connectivity index (χ1n) is 8.54. The highest BCUT2D eigenvalue weighted by molar-refractivity contribution is 5.93. The monoisotopic (exact) mass is 320 g/mol. The van der Waals surface area contributed by atoms with Crippen molar-refractivity contribution in [2.24, 2.45) is 0 Å². The van der Waals surface area contributed by atoms with Gasteiger partial charge in [-0.2, -0.15) is 0 Å². The number of carbonyl (C=O) groups is 1. The standard InChI is InChI=1S/C20H32O3/c1-8-9-10-11-20(6,7)14-12-15(19(3,4)5)17(21)16(13(14)2)18(22)23/h12,21H,8-11H2,1-7H3,(H,22,23). The van der Waals surface area contributed by atoms with Crippen LogP contribution < -0.4 is 0 Å². The first-order chi connectivity index (χ1) is 10.4. The van der Waals surface area contributed by atoms with Crippen LogP contribution in [0.4, 0.5) is 0 Å². The fraction of sp³-hybridized carbons (Fsp3) is 0.650. The molecule has 23 heavy (non-hydrogen) atoms. The quantitative estimate of drug-likeness (QED) is 0.675. The average molecular weight is 320 g/mol. The molecule has 1 rings (SSSR count). The number of rotatable bonds is 6. The van der Waals surface area contributed by atoms with Crippen LogP contribution in [0.1, 0.15) is 94.3 Å². The third-order valence-corrected chi connectivity index (χ3v) is 4.72. The molecular weight excluding hydrogens is 288 g/mol. The Bertz CT molecular complexity index is 578. The predicted octanol–water partition coefficient (Wildman–Crippen LogP) is 5.55. The maximum absolute atomic E-state index is 11.7. The molecule has 1 aromatic rings. The van der Waals surface area contributed by atoms with Crippen molar-refractivity contribution in [1.82, 2.24) is 0 Å². The van der Waals surface area contributed by atoms with Gasteiger partial charge in [0.25, 0.3) is 0 Å². The van der Waals surface area contributed by atoms with E-state index in [1.807, 2.05) is 33.8 Å². The number of benzene rings is 1. The highest BCUT2D eigenvalue weighted by Crippen LogP contribution is 2.41. The summed E-state index contributed by atoms with van der Waals surface area (Å²) in [5.74, 6) is -1.15. The van der Waals surface area contributed by atoms with Crippen LogP contribution in [0, 0.1) is 6.92 Å². The molecule has 3 nitrogen and oxygen atoms in total. The van der Waals surface area contributed by atoms with Crippen LogP contribution in [-0.2, 0) is 10.8 Å². The van der Waals surface area contributed by atoms with Crippen LogP contribution in [0.15, 0.2) is 6.07 Å². The normalized spacial score (nSPS) is 12.5. The number of hydrogen-bond acceptors (Lipinski definition) is 2. The predicted molar refractivity (Wildman–Crippen MR) is 95.7 cm³/mol. The lowest BCUT2D eigenvalue weighted by Gasteiger charge is -2.31. The Kier molecular flexibility index (Phi) is 5.89. The molecule has 0 radical (unpaired) electrons. The molecule has 0 saturated heterocycles. The molecule has 0 unspecified atom stereocenters. The Morgan fingerprint density at radius 1 is 1.09 bits per heavy atom. The van der Waals surface area contributed by atoms with Gasteiger partial charge < -0.3 is 10.2 Å². The molecule has 0 aliphatic carbocycles. The third-order valence-electron chi connectivity index (χ3n) is 4.72. The van der Waals surface area contributed by atoms with Crippen molar-refractivity contribution >= 4 is 5.97 Å². The van der Waals surface area contributed by atoms with E-state index in [9.17, 15) is 15.0 Å². The molecule has 0 aliphatic rings. The van der Waals surface area contributed by atoms with Crippen molar-refractivity contribution in [3.8, 4) is 5.75 Å². The zero-order valence-electron chi connectivity index (χ0n) is 15.7. The smallest absolute Gasteiger partial charge is 0.339 e. The molecule has 0 amide bonds. The van der Waals surface area contributed by atoms with Crippen LogP contribution in [0.25, 0.3) is 0 Å². The Morgan fingerprint density at radius 2 is 1.65 bits per heavy atom. The summed E-state index contributed by atoms with van der Waals surface area (Å²) in [6, 6.07) is 2.02. The number of phenols is 1. The average Bonchev–Trinajstić information content (AvgIpc) is 2.36. The van der Waals surface area contributed by atoms with Gasteiger partial charge in [-0.05, 0) is 35.3 Å². The first-order valence-corrected chi connectivity index (χ1v) is 8.54. The number of hydrogen-bond donors (Lipinski definition) is 2. The van der Waals surface area contributed by atoms with Gasteiger partial charge in [-0.25, -0.2) is 4.79 Å². The highest BCUT2D eigenvalue weighted by atomic mass is 16.4. The van der Waals surface area contributed by atoms with E-state index in [0.29, 0.717) is 11.1 Å². The molecule has 0 atom stereocenters. The summed E-state index contributed by atoms with van der Waals surface area (Å²) in [5, 5.41) is 20.1. The van der Waals surface area contributed by atoms with E-state index in [2.05, 4.69) is 20.8 Å². The summed E-state index contributed by atoms with van der Waals surface area (Å²) in [5.41, 5.74) is 2.06. The van der Waals surface area contributed by atoms with E-state index in [4.69, 9.17) is 0 Å². The fourth-order valence-electron chi connectivity index (χ4n) is 3.26. The third kappa shape index (κ3) is 4.27. The van der Waals surface area contributed by atoms with Crippen LogP contribution >= 0.6 is 0 Å². The fourth-order valence-corrected chi connectivity index (χ4v) is 3.26. The summed E-state index contributed by atoms with van der Waals surface area (Å²) >= 11 is 0. The Labute approximate surface area is 140 Å². The van der Waals surface area contributed by atoms with Gasteiger partial charge in [0.05, 0.1) is 0 Å². The van der Waals surface area contributed by atoms with Gasteiger partial charge in [0.1, 0.15) is 11.3 Å². The second-order valence-corrected chi connectivity index (χ2v) is 8.22. The molecule has 3 heteroatoms. The van der Waals surface area contributed by atoms with E-state index >= 15 is 0 Å². The molecule has 0 spiro atoms. The van der Waals surface area contributed by atoms with Crippen LogP contribution in [-0.4, -0.2) is 16.2 Å². The summed E-state index contributed by atoms with van der Waals surface area (Å²) in [6.07, 6.45) is 4.48. The van der Waals surface area contributed by atoms with Gasteiger partial charge in [0.15, 0.2) is 0 Å². The highest BCUT2D eigenvalue weighted by Gasteiger charge is 2.31. The molecule has 130 valence electrons. The minimum absolute atomic E-state index is 0.0518. The molecule has 1 aromatic carbocycles. The van der Waals surface area contributed by atoms with Crippen molar-refractivity contribution in [2.45, 2.75) is 85.0 Å². The number of carboxylic acid groups (broad SMARTS) is 1. The van der Waals surface area contributed by atoms with Crippen LogP contribution in [0.3, 0.4) is 0 Å². The molecular formula is C20H32O3. The summed E-state index contributed by atoms with van der Waals surface area (Å²) in [7, 11) is 0. The van der Waals surface area contributed by atoms with Crippen molar-refractivity contribution in [3.63, 3.8) is 0 Å². The minimum atomic E-state index is -1.06. The van der Waals surface area contributed by atoms with Crippen molar-refractivity contribution < 1.29 is 15.0 Å². The van der Waals surface area contributed by atoms with E-state index in [1.165, 1.54) is 6.42 Å². The lowest BCUT2D eigenvalue weighted by molar-refractivity contribution is 0.0692. The SMILES string of the molecule is CCCCCC(C)(C)c1cc(C(C)(C)C)c(O)c(C(=O)O)c1C. The number of carboxylic acids is 1. The number of aromatic hydroxyl groups is 1. The lowest BCUT2D eigenvalue weighted by Crippen LogP contribution is -2.23. The van der Waals surface area contributed by atoms with Crippen molar-refractivity contribution in [2.75, 3.05) is 0 Å². The zero-order chi connectivity index (χ0) is 18.0. The van der Waals surface area contributed by atoms with Crippen molar-refractivity contribution in [3.05, 3.63) is 28.3 Å². The number of aromatic carboxylic acids is 1. The summed E-state index contributed by atoms with van der Waals surface area (Å²) in [4.78, 5) is 11.7.